The molecule has 9 heteroatoms. The Morgan fingerprint density at radius 2 is 2.04 bits per heavy atom. The van der Waals surface area contributed by atoms with Gasteiger partial charge in [-0.3, -0.25) is 4.79 Å². The molecule has 0 atom stereocenters. The zero-order chi connectivity index (χ0) is 17.1. The predicted octanol–water partition coefficient (Wildman–Crippen LogP) is 2.58. The molecule has 3 aromatic rings. The summed E-state index contributed by atoms with van der Waals surface area (Å²) in [6.07, 6.45) is 1.37. The van der Waals surface area contributed by atoms with Crippen LogP contribution in [0.15, 0.2) is 56.3 Å². The van der Waals surface area contributed by atoms with E-state index in [1.54, 1.807) is 6.07 Å². The maximum Gasteiger partial charge on any atom is 0.437 e. The van der Waals surface area contributed by atoms with Crippen molar-refractivity contribution >= 4 is 5.78 Å². The highest BCUT2D eigenvalue weighted by Gasteiger charge is 2.19. The fraction of sp³-hybridized carbons (Fsp3) is 0.133. The van der Waals surface area contributed by atoms with E-state index in [1.165, 1.54) is 36.6 Å². The number of para-hydroxylation sites is 1. The van der Waals surface area contributed by atoms with E-state index in [9.17, 15) is 18.4 Å². The number of alkyl halides is 2. The molecule has 1 aromatic carbocycles. The molecule has 2 aromatic heterocycles. The van der Waals surface area contributed by atoms with Crippen LogP contribution in [0.25, 0.3) is 11.7 Å². The van der Waals surface area contributed by atoms with Crippen LogP contribution in [0.4, 0.5) is 8.78 Å². The highest BCUT2D eigenvalue weighted by Crippen LogP contribution is 2.21. The predicted molar refractivity (Wildman–Crippen MR) is 75.9 cm³/mol. The normalized spacial score (nSPS) is 11.0. The van der Waals surface area contributed by atoms with Crippen LogP contribution >= 0.6 is 0 Å². The number of aromatic nitrogens is 2. The van der Waals surface area contributed by atoms with Gasteiger partial charge in [-0.15, -0.1) is 5.10 Å². The third-order valence-corrected chi connectivity index (χ3v) is 3.04. The summed E-state index contributed by atoms with van der Waals surface area (Å²) in [5.41, 5.74) is -0.0905. The molecule has 0 aliphatic carbocycles. The summed E-state index contributed by atoms with van der Waals surface area (Å²) >= 11 is 0. The summed E-state index contributed by atoms with van der Waals surface area (Å²) in [5.74, 6) is -1.65. The fourth-order valence-corrected chi connectivity index (χ4v) is 2.02. The van der Waals surface area contributed by atoms with Gasteiger partial charge in [0, 0.05) is 0 Å². The molecule has 0 saturated heterocycles. The Labute approximate surface area is 133 Å². The number of ketones is 1. The molecular weight excluding hydrogens is 326 g/mol. The van der Waals surface area contributed by atoms with Crippen LogP contribution in [0.3, 0.4) is 0 Å². The third-order valence-electron chi connectivity index (χ3n) is 3.04. The van der Waals surface area contributed by atoms with Gasteiger partial charge in [-0.05, 0) is 24.3 Å². The minimum atomic E-state index is -3.07. The van der Waals surface area contributed by atoms with Crippen molar-refractivity contribution in [2.75, 3.05) is 0 Å². The van der Waals surface area contributed by atoms with Crippen LogP contribution < -0.4 is 10.5 Å². The second kappa shape index (κ2) is 6.49. The molecule has 0 saturated carbocycles. The van der Waals surface area contributed by atoms with E-state index >= 15 is 0 Å². The number of ether oxygens (including phenoxy) is 1. The maximum atomic E-state index is 12.4. The van der Waals surface area contributed by atoms with Gasteiger partial charge in [-0.1, -0.05) is 12.1 Å². The van der Waals surface area contributed by atoms with Crippen LogP contribution in [-0.4, -0.2) is 22.2 Å². The van der Waals surface area contributed by atoms with Gasteiger partial charge in [0.05, 0.1) is 11.8 Å². The van der Waals surface area contributed by atoms with Crippen LogP contribution in [0.5, 0.6) is 5.75 Å². The van der Waals surface area contributed by atoms with Gasteiger partial charge in [0.2, 0.25) is 0 Å². The Bertz CT molecular complexity index is 899. The number of hydrogen-bond acceptors (Lipinski definition) is 6. The first-order valence-electron chi connectivity index (χ1n) is 6.73. The molecule has 24 heavy (non-hydrogen) atoms. The van der Waals surface area contributed by atoms with E-state index in [2.05, 4.69) is 9.84 Å². The molecule has 124 valence electrons. The number of halogens is 2. The van der Waals surface area contributed by atoms with E-state index < -0.39 is 24.7 Å². The first kappa shape index (κ1) is 15.7. The van der Waals surface area contributed by atoms with Crippen molar-refractivity contribution in [1.82, 2.24) is 9.78 Å². The summed E-state index contributed by atoms with van der Waals surface area (Å²) in [5, 5.41) is 3.84. The number of rotatable bonds is 6. The molecule has 0 spiro atoms. The number of nitrogens with zero attached hydrogens (tertiary/aromatic N) is 2. The summed E-state index contributed by atoms with van der Waals surface area (Å²) < 4.78 is 39.8. The van der Waals surface area contributed by atoms with Gasteiger partial charge in [0.1, 0.15) is 12.3 Å². The largest absolute Gasteiger partial charge is 0.459 e. The lowest BCUT2D eigenvalue weighted by atomic mass is 10.1. The van der Waals surface area contributed by atoms with Crippen molar-refractivity contribution in [3.05, 3.63) is 58.8 Å². The standard InChI is InChI=1S/C15H10F2N2O5/c16-14(17)23-11-5-2-1-4-9(11)10(20)8-19-15(21)24-13(18-19)12-6-3-7-22-12/h1-7,14H,8H2. The highest BCUT2D eigenvalue weighted by atomic mass is 19.3. The molecule has 0 aliphatic heterocycles. The van der Waals surface area contributed by atoms with Crippen molar-refractivity contribution < 1.29 is 27.1 Å². The molecule has 0 aliphatic rings. The minimum Gasteiger partial charge on any atom is -0.459 e. The average Bonchev–Trinajstić information content (AvgIpc) is 3.17. The first-order chi connectivity index (χ1) is 11.5. The molecular formula is C15H10F2N2O5. The topological polar surface area (TPSA) is 87.5 Å². The SMILES string of the molecule is O=C(Cn1nc(-c2ccco2)oc1=O)c1ccccc1OC(F)F. The second-order valence-electron chi connectivity index (χ2n) is 4.61. The maximum absolute atomic E-state index is 12.4. The number of carbonyl (C=O) groups excluding carboxylic acids is 1. The highest BCUT2D eigenvalue weighted by molar-refractivity contribution is 5.98. The van der Waals surface area contributed by atoms with Crippen LogP contribution in [-0.2, 0) is 6.54 Å². The Morgan fingerprint density at radius 3 is 2.75 bits per heavy atom. The van der Waals surface area contributed by atoms with Gasteiger partial charge < -0.3 is 13.6 Å². The van der Waals surface area contributed by atoms with Gasteiger partial charge >= 0.3 is 12.4 Å². The van der Waals surface area contributed by atoms with Crippen molar-refractivity contribution in [3.8, 4) is 17.4 Å². The molecule has 3 rings (SSSR count). The Kier molecular flexibility index (Phi) is 4.23. The van der Waals surface area contributed by atoms with Gasteiger partial charge in [-0.2, -0.15) is 13.5 Å². The number of carbonyl (C=O) groups is 1. The second-order valence-corrected chi connectivity index (χ2v) is 4.61. The van der Waals surface area contributed by atoms with E-state index in [0.717, 1.165) is 4.68 Å². The smallest absolute Gasteiger partial charge is 0.437 e. The Balaban J connectivity index is 1.85. The summed E-state index contributed by atoms with van der Waals surface area (Å²) in [6, 6.07) is 8.61. The molecule has 0 unspecified atom stereocenters. The van der Waals surface area contributed by atoms with Crippen LogP contribution in [0, 0.1) is 0 Å². The van der Waals surface area contributed by atoms with Crippen molar-refractivity contribution in [2.45, 2.75) is 13.2 Å². The molecule has 0 N–H and O–H groups in total. The number of Topliss-reactive ketones (excluding diaryl/α,β-unsaturated/α-hetero) is 1. The molecule has 0 fully saturated rings. The summed E-state index contributed by atoms with van der Waals surface area (Å²) in [4.78, 5) is 24.0. The molecule has 0 bridgehead atoms. The van der Waals surface area contributed by atoms with Gasteiger partial charge in [0.25, 0.3) is 5.89 Å². The Hall–Kier alpha value is -3.23. The average molecular weight is 336 g/mol. The van der Waals surface area contributed by atoms with E-state index in [4.69, 9.17) is 8.83 Å². The molecule has 2 heterocycles. The van der Waals surface area contributed by atoms with Crippen molar-refractivity contribution in [1.29, 1.82) is 0 Å². The lowest BCUT2D eigenvalue weighted by molar-refractivity contribution is -0.0501. The minimum absolute atomic E-state index is 0.0880. The molecule has 0 radical (unpaired) electrons. The summed E-state index contributed by atoms with van der Waals surface area (Å²) in [7, 11) is 0. The van der Waals surface area contributed by atoms with E-state index in [-0.39, 0.29) is 23.0 Å². The van der Waals surface area contributed by atoms with E-state index in [1.807, 2.05) is 0 Å². The number of benzene rings is 1. The molecule has 7 nitrogen and oxygen atoms in total. The Morgan fingerprint density at radius 1 is 1.25 bits per heavy atom. The number of hydrogen-bond donors (Lipinski definition) is 0. The lowest BCUT2D eigenvalue weighted by Crippen LogP contribution is -2.22. The van der Waals surface area contributed by atoms with Gasteiger partial charge in [0.15, 0.2) is 11.5 Å². The zero-order valence-corrected chi connectivity index (χ0v) is 12.0. The van der Waals surface area contributed by atoms with Crippen LogP contribution in [0.2, 0.25) is 0 Å². The zero-order valence-electron chi connectivity index (χ0n) is 12.0. The fourth-order valence-electron chi connectivity index (χ4n) is 2.02. The monoisotopic (exact) mass is 336 g/mol. The summed E-state index contributed by atoms with van der Waals surface area (Å²) in [6.45, 7) is -3.56. The van der Waals surface area contributed by atoms with E-state index in [0.29, 0.717) is 0 Å². The third kappa shape index (κ3) is 3.24. The van der Waals surface area contributed by atoms with Gasteiger partial charge in [-0.25, -0.2) is 4.79 Å². The van der Waals surface area contributed by atoms with Crippen molar-refractivity contribution in [3.63, 3.8) is 0 Å². The quantitative estimate of drug-likeness (QED) is 0.643. The molecule has 0 amide bonds. The first-order valence-corrected chi connectivity index (χ1v) is 6.73. The lowest BCUT2D eigenvalue weighted by Gasteiger charge is -2.09. The van der Waals surface area contributed by atoms with Crippen molar-refractivity contribution in [2.24, 2.45) is 0 Å². The number of furan rings is 1. The van der Waals surface area contributed by atoms with Crippen LogP contribution in [0.1, 0.15) is 10.4 Å².